The summed E-state index contributed by atoms with van der Waals surface area (Å²) >= 11 is 0. The Morgan fingerprint density at radius 1 is 1.31 bits per heavy atom. The highest BCUT2D eigenvalue weighted by molar-refractivity contribution is 5.99. The molecule has 1 saturated carbocycles. The normalized spacial score (nSPS) is 21.4. The lowest BCUT2D eigenvalue weighted by Crippen LogP contribution is -2.44. The molecule has 3 rings (SSSR count). The van der Waals surface area contributed by atoms with Crippen molar-refractivity contribution in [3.05, 3.63) is 34.9 Å². The number of methoxy groups -OCH3 is 1. The zero-order valence-electron chi connectivity index (χ0n) is 15.8. The van der Waals surface area contributed by atoms with E-state index in [-0.39, 0.29) is 17.2 Å². The number of ether oxygens (including phenoxy) is 1. The van der Waals surface area contributed by atoms with Crippen LogP contribution >= 0.6 is 0 Å². The first-order valence-corrected chi connectivity index (χ1v) is 9.36. The van der Waals surface area contributed by atoms with Crippen molar-refractivity contribution in [1.82, 2.24) is 5.32 Å². The summed E-state index contributed by atoms with van der Waals surface area (Å²) in [6.07, 6.45) is 9.46. The Morgan fingerprint density at radius 2 is 2.04 bits per heavy atom. The van der Waals surface area contributed by atoms with E-state index in [1.807, 2.05) is 12.1 Å². The maximum Gasteiger partial charge on any atom is 0.160 e. The molecule has 1 aliphatic carbocycles. The number of oxime groups is 1. The van der Waals surface area contributed by atoms with Crippen LogP contribution in [-0.4, -0.2) is 29.9 Å². The van der Waals surface area contributed by atoms with Gasteiger partial charge in [0, 0.05) is 34.4 Å². The SMILES string of the molecule is COc1cc2c(cc1/C=N/O)/C(=C/C(=O)C1CCCCC1)NC(C)(C)C2. The largest absolute Gasteiger partial charge is 0.496 e. The lowest BCUT2D eigenvalue weighted by Gasteiger charge is -2.36. The van der Waals surface area contributed by atoms with Gasteiger partial charge in [0.15, 0.2) is 5.78 Å². The van der Waals surface area contributed by atoms with E-state index in [1.165, 1.54) is 12.6 Å². The molecule has 1 aromatic rings. The standard InChI is InChI=1S/C21H28N2O3/c1-21(2)12-15-10-20(26-3)16(13-22-25)9-17(15)18(23-21)11-19(24)14-7-5-4-6-8-14/h9-11,13-14,23,25H,4-8,12H2,1-3H3/b18-11-,22-13+. The molecule has 1 heterocycles. The highest BCUT2D eigenvalue weighted by Gasteiger charge is 2.30. The maximum absolute atomic E-state index is 12.8. The van der Waals surface area contributed by atoms with Crippen LogP contribution in [0.5, 0.6) is 5.75 Å². The number of ketones is 1. The molecule has 2 aliphatic rings. The number of carbonyl (C=O) groups is 1. The molecule has 0 saturated heterocycles. The first-order valence-electron chi connectivity index (χ1n) is 9.36. The van der Waals surface area contributed by atoms with Crippen LogP contribution in [0, 0.1) is 5.92 Å². The smallest absolute Gasteiger partial charge is 0.160 e. The fourth-order valence-corrected chi connectivity index (χ4v) is 4.09. The Bertz CT molecular complexity index is 744. The van der Waals surface area contributed by atoms with Gasteiger partial charge in [-0.1, -0.05) is 24.4 Å². The Kier molecular flexibility index (Phi) is 5.35. The number of carbonyl (C=O) groups excluding carboxylic acids is 1. The van der Waals surface area contributed by atoms with E-state index in [0.717, 1.165) is 48.9 Å². The predicted molar refractivity (Wildman–Crippen MR) is 103 cm³/mol. The number of allylic oxidation sites excluding steroid dienone is 1. The van der Waals surface area contributed by atoms with Crippen LogP contribution in [0.15, 0.2) is 23.4 Å². The number of nitrogens with one attached hydrogen (secondary N) is 1. The third kappa shape index (κ3) is 3.92. The molecule has 5 nitrogen and oxygen atoms in total. The van der Waals surface area contributed by atoms with Gasteiger partial charge in [0.2, 0.25) is 0 Å². The number of nitrogens with zero attached hydrogens (tertiary/aromatic N) is 1. The monoisotopic (exact) mass is 356 g/mol. The summed E-state index contributed by atoms with van der Waals surface area (Å²) in [6.45, 7) is 4.26. The van der Waals surface area contributed by atoms with E-state index in [1.54, 1.807) is 13.2 Å². The molecule has 0 radical (unpaired) electrons. The number of hydrogen-bond acceptors (Lipinski definition) is 5. The third-order valence-electron chi connectivity index (χ3n) is 5.34. The van der Waals surface area contributed by atoms with Gasteiger partial charge in [-0.05, 0) is 50.8 Å². The Balaban J connectivity index is 2.02. The first-order chi connectivity index (χ1) is 12.4. The van der Waals surface area contributed by atoms with Gasteiger partial charge in [0.25, 0.3) is 0 Å². The van der Waals surface area contributed by atoms with Gasteiger partial charge >= 0.3 is 0 Å². The van der Waals surface area contributed by atoms with E-state index in [4.69, 9.17) is 9.94 Å². The number of fused-ring (bicyclic) bond motifs is 1. The summed E-state index contributed by atoms with van der Waals surface area (Å²) in [4.78, 5) is 12.8. The van der Waals surface area contributed by atoms with Crippen LogP contribution in [0.2, 0.25) is 0 Å². The van der Waals surface area contributed by atoms with E-state index in [2.05, 4.69) is 24.3 Å². The second-order valence-corrected chi connectivity index (χ2v) is 7.98. The van der Waals surface area contributed by atoms with Crippen LogP contribution in [-0.2, 0) is 11.2 Å². The first kappa shape index (κ1) is 18.5. The fraction of sp³-hybridized carbons (Fsp3) is 0.524. The van der Waals surface area contributed by atoms with Gasteiger partial charge in [0.05, 0.1) is 13.3 Å². The second kappa shape index (κ2) is 7.52. The van der Waals surface area contributed by atoms with Crippen molar-refractivity contribution >= 4 is 17.7 Å². The van der Waals surface area contributed by atoms with Crippen molar-refractivity contribution in [2.45, 2.75) is 57.9 Å². The summed E-state index contributed by atoms with van der Waals surface area (Å²) in [6, 6.07) is 3.91. The van der Waals surface area contributed by atoms with Crippen LogP contribution in [0.1, 0.15) is 62.6 Å². The lowest BCUT2D eigenvalue weighted by atomic mass is 9.82. The molecule has 0 atom stereocenters. The molecule has 0 unspecified atom stereocenters. The minimum atomic E-state index is -0.150. The zero-order valence-corrected chi connectivity index (χ0v) is 15.8. The molecule has 0 spiro atoms. The van der Waals surface area contributed by atoms with Gasteiger partial charge in [-0.2, -0.15) is 0 Å². The molecular formula is C21H28N2O3. The average molecular weight is 356 g/mol. The molecule has 0 bridgehead atoms. The quantitative estimate of drug-likeness (QED) is 0.371. The molecular weight excluding hydrogens is 328 g/mol. The Labute approximate surface area is 155 Å². The molecule has 0 amide bonds. The summed E-state index contributed by atoms with van der Waals surface area (Å²) < 4.78 is 5.43. The molecule has 2 N–H and O–H groups in total. The van der Waals surface area contributed by atoms with Gasteiger partial charge < -0.3 is 15.3 Å². The van der Waals surface area contributed by atoms with E-state index in [9.17, 15) is 4.79 Å². The molecule has 1 fully saturated rings. The third-order valence-corrected chi connectivity index (χ3v) is 5.34. The van der Waals surface area contributed by atoms with Crippen LogP contribution in [0.25, 0.3) is 5.70 Å². The van der Waals surface area contributed by atoms with Crippen LogP contribution < -0.4 is 10.1 Å². The molecule has 26 heavy (non-hydrogen) atoms. The zero-order chi connectivity index (χ0) is 18.7. The van der Waals surface area contributed by atoms with Gasteiger partial charge in [0.1, 0.15) is 5.75 Å². The number of hydrogen-bond donors (Lipinski definition) is 2. The topological polar surface area (TPSA) is 70.9 Å². The molecule has 1 aromatic carbocycles. The van der Waals surface area contributed by atoms with E-state index in [0.29, 0.717) is 11.3 Å². The molecule has 0 aromatic heterocycles. The van der Waals surface area contributed by atoms with Crippen LogP contribution in [0.4, 0.5) is 0 Å². The minimum absolute atomic E-state index is 0.142. The maximum atomic E-state index is 12.8. The Hall–Kier alpha value is -2.30. The minimum Gasteiger partial charge on any atom is -0.496 e. The second-order valence-electron chi connectivity index (χ2n) is 7.98. The fourth-order valence-electron chi connectivity index (χ4n) is 4.09. The van der Waals surface area contributed by atoms with Crippen molar-refractivity contribution in [1.29, 1.82) is 0 Å². The van der Waals surface area contributed by atoms with Crippen molar-refractivity contribution in [3.63, 3.8) is 0 Å². The molecule has 5 heteroatoms. The molecule has 1 aliphatic heterocycles. The van der Waals surface area contributed by atoms with E-state index >= 15 is 0 Å². The Morgan fingerprint density at radius 3 is 2.69 bits per heavy atom. The van der Waals surface area contributed by atoms with Crippen molar-refractivity contribution in [3.8, 4) is 5.75 Å². The van der Waals surface area contributed by atoms with E-state index < -0.39 is 0 Å². The number of benzene rings is 1. The summed E-state index contributed by atoms with van der Waals surface area (Å²) in [7, 11) is 1.60. The summed E-state index contributed by atoms with van der Waals surface area (Å²) in [5.41, 5.74) is 3.49. The van der Waals surface area contributed by atoms with Gasteiger partial charge in [-0.25, -0.2) is 0 Å². The van der Waals surface area contributed by atoms with Crippen LogP contribution in [0.3, 0.4) is 0 Å². The highest BCUT2D eigenvalue weighted by Crippen LogP contribution is 2.35. The lowest BCUT2D eigenvalue weighted by molar-refractivity contribution is -0.119. The van der Waals surface area contributed by atoms with Crippen molar-refractivity contribution in [2.75, 3.05) is 7.11 Å². The predicted octanol–water partition coefficient (Wildman–Crippen LogP) is 3.92. The highest BCUT2D eigenvalue weighted by atomic mass is 16.5. The van der Waals surface area contributed by atoms with Gasteiger partial charge in [-0.3, -0.25) is 4.79 Å². The van der Waals surface area contributed by atoms with Crippen molar-refractivity contribution in [2.24, 2.45) is 11.1 Å². The average Bonchev–Trinajstić information content (AvgIpc) is 2.62. The molecule has 140 valence electrons. The van der Waals surface area contributed by atoms with Crippen molar-refractivity contribution < 1.29 is 14.7 Å². The summed E-state index contributed by atoms with van der Waals surface area (Å²) in [5, 5.41) is 15.6. The van der Waals surface area contributed by atoms with Gasteiger partial charge in [-0.15, -0.1) is 0 Å². The summed E-state index contributed by atoms with van der Waals surface area (Å²) in [5.74, 6) is 1.02. The number of rotatable bonds is 4.